The molecule has 150 valence electrons. The molecular formula is C22H28N2O4. The Hall–Kier alpha value is -2.41. The molecular weight excluding hydrogens is 356 g/mol. The Morgan fingerprint density at radius 1 is 1.14 bits per heavy atom. The largest absolute Gasteiger partial charge is 0.484 e. The number of hydrogen-bond acceptors (Lipinski definition) is 5. The maximum atomic E-state index is 12.1. The molecule has 2 aromatic rings. The molecule has 1 heterocycles. The Morgan fingerprint density at radius 3 is 2.50 bits per heavy atom. The monoisotopic (exact) mass is 384 g/mol. The number of likely N-dealkylation sites (N-methyl/N-ethyl adjacent to an activating group) is 1. The van der Waals surface area contributed by atoms with Gasteiger partial charge in [0, 0.05) is 26.2 Å². The van der Waals surface area contributed by atoms with E-state index in [0.29, 0.717) is 38.6 Å². The first-order valence-electron chi connectivity index (χ1n) is 9.60. The Morgan fingerprint density at radius 2 is 1.82 bits per heavy atom. The van der Waals surface area contributed by atoms with Crippen molar-refractivity contribution in [2.45, 2.75) is 12.6 Å². The molecule has 6 heteroatoms. The first-order chi connectivity index (χ1) is 13.6. The fourth-order valence-corrected chi connectivity index (χ4v) is 3.19. The average Bonchev–Trinajstić information content (AvgIpc) is 2.74. The van der Waals surface area contributed by atoms with Gasteiger partial charge < -0.3 is 19.5 Å². The summed E-state index contributed by atoms with van der Waals surface area (Å²) in [5.74, 6) is 0.666. The van der Waals surface area contributed by atoms with Crippen LogP contribution in [0.2, 0.25) is 0 Å². The van der Waals surface area contributed by atoms with E-state index in [1.54, 1.807) is 4.90 Å². The minimum atomic E-state index is -0.514. The van der Waals surface area contributed by atoms with Gasteiger partial charge in [-0.3, -0.25) is 9.69 Å². The van der Waals surface area contributed by atoms with Crippen LogP contribution in [0.4, 0.5) is 0 Å². The molecule has 0 aromatic heterocycles. The van der Waals surface area contributed by atoms with Gasteiger partial charge >= 0.3 is 0 Å². The maximum absolute atomic E-state index is 12.1. The fraction of sp³-hybridized carbons (Fsp3) is 0.409. The van der Waals surface area contributed by atoms with Crippen LogP contribution in [0.5, 0.6) is 5.75 Å². The number of morpholine rings is 1. The van der Waals surface area contributed by atoms with Crippen molar-refractivity contribution in [1.29, 1.82) is 0 Å². The lowest BCUT2D eigenvalue weighted by Crippen LogP contribution is -2.42. The molecule has 0 bridgehead atoms. The van der Waals surface area contributed by atoms with Gasteiger partial charge in [0.2, 0.25) is 0 Å². The van der Waals surface area contributed by atoms with Crippen molar-refractivity contribution in [1.82, 2.24) is 9.80 Å². The summed E-state index contributed by atoms with van der Waals surface area (Å²) in [6.07, 6.45) is -0.514. The minimum Gasteiger partial charge on any atom is -0.484 e. The van der Waals surface area contributed by atoms with Crippen molar-refractivity contribution in [3.05, 3.63) is 65.7 Å². The van der Waals surface area contributed by atoms with Crippen molar-refractivity contribution in [3.63, 3.8) is 0 Å². The second-order valence-corrected chi connectivity index (χ2v) is 7.05. The zero-order valence-corrected chi connectivity index (χ0v) is 16.3. The number of hydrogen-bond donors (Lipinski definition) is 1. The Bertz CT molecular complexity index is 730. The number of nitrogens with zero attached hydrogens (tertiary/aromatic N) is 2. The van der Waals surface area contributed by atoms with Crippen molar-refractivity contribution in [2.24, 2.45) is 0 Å². The van der Waals surface area contributed by atoms with Gasteiger partial charge in [-0.25, -0.2) is 0 Å². The lowest BCUT2D eigenvalue weighted by Gasteiger charge is -2.26. The lowest BCUT2D eigenvalue weighted by molar-refractivity contribution is -0.137. The van der Waals surface area contributed by atoms with Gasteiger partial charge in [0.25, 0.3) is 5.91 Å². The number of ether oxygens (including phenoxy) is 2. The normalized spacial score (nSPS) is 15.5. The Balaban J connectivity index is 1.44. The third-order valence-corrected chi connectivity index (χ3v) is 4.77. The van der Waals surface area contributed by atoms with Crippen molar-refractivity contribution < 1.29 is 19.4 Å². The molecule has 1 N–H and O–H groups in total. The highest BCUT2D eigenvalue weighted by Crippen LogP contribution is 2.17. The first-order valence-corrected chi connectivity index (χ1v) is 9.60. The first kappa shape index (κ1) is 20.3. The second kappa shape index (κ2) is 10.2. The molecule has 0 unspecified atom stereocenters. The van der Waals surface area contributed by atoms with E-state index >= 15 is 0 Å². The number of rotatable bonds is 8. The highest BCUT2D eigenvalue weighted by Gasteiger charge is 2.17. The molecule has 6 nitrogen and oxygen atoms in total. The van der Waals surface area contributed by atoms with E-state index in [0.717, 1.165) is 17.7 Å². The van der Waals surface area contributed by atoms with E-state index in [2.05, 4.69) is 4.90 Å². The lowest BCUT2D eigenvalue weighted by atomic mass is 10.1. The fourth-order valence-electron chi connectivity index (χ4n) is 3.19. The summed E-state index contributed by atoms with van der Waals surface area (Å²) in [6, 6.07) is 17.4. The van der Waals surface area contributed by atoms with Crippen molar-refractivity contribution in [3.8, 4) is 5.75 Å². The van der Waals surface area contributed by atoms with E-state index < -0.39 is 6.10 Å². The van der Waals surface area contributed by atoms with Crippen molar-refractivity contribution in [2.75, 3.05) is 46.5 Å². The SMILES string of the molecule is CN(Cc1ccc(OCC(=O)N2CCOCC2)cc1)C[C@H](O)c1ccccc1. The molecule has 3 rings (SSSR count). The van der Waals surface area contributed by atoms with E-state index in [9.17, 15) is 9.90 Å². The molecule has 28 heavy (non-hydrogen) atoms. The Labute approximate surface area is 166 Å². The molecule has 1 saturated heterocycles. The summed E-state index contributed by atoms with van der Waals surface area (Å²) in [7, 11) is 1.98. The van der Waals surface area contributed by atoms with Gasteiger partial charge in [0.15, 0.2) is 6.61 Å². The van der Waals surface area contributed by atoms with Crippen LogP contribution in [0.15, 0.2) is 54.6 Å². The molecule has 0 saturated carbocycles. The second-order valence-electron chi connectivity index (χ2n) is 7.05. The zero-order chi connectivity index (χ0) is 19.8. The van der Waals surface area contributed by atoms with E-state index in [-0.39, 0.29) is 12.5 Å². The quantitative estimate of drug-likeness (QED) is 0.755. The van der Waals surface area contributed by atoms with Crippen LogP contribution in [-0.4, -0.2) is 67.3 Å². The van der Waals surface area contributed by atoms with Gasteiger partial charge in [0.05, 0.1) is 19.3 Å². The molecule has 1 atom stereocenters. The van der Waals surface area contributed by atoms with Gasteiger partial charge in [-0.15, -0.1) is 0 Å². The number of carbonyl (C=O) groups is 1. The van der Waals surface area contributed by atoms with Crippen molar-refractivity contribution >= 4 is 5.91 Å². The molecule has 1 aliphatic rings. The van der Waals surface area contributed by atoms with Crippen LogP contribution in [0.3, 0.4) is 0 Å². The smallest absolute Gasteiger partial charge is 0.260 e. The summed E-state index contributed by atoms with van der Waals surface area (Å²) >= 11 is 0. The van der Waals surface area contributed by atoms with Gasteiger partial charge in [-0.2, -0.15) is 0 Å². The number of amides is 1. The van der Waals surface area contributed by atoms with Gasteiger partial charge in [0.1, 0.15) is 5.75 Å². The number of aliphatic hydroxyl groups excluding tert-OH is 1. The highest BCUT2D eigenvalue weighted by molar-refractivity contribution is 5.77. The van der Waals surface area contributed by atoms with Crippen LogP contribution in [0, 0.1) is 0 Å². The average molecular weight is 384 g/mol. The summed E-state index contributed by atoms with van der Waals surface area (Å²) in [5.41, 5.74) is 2.04. The summed E-state index contributed by atoms with van der Waals surface area (Å²) in [4.78, 5) is 16.0. The third kappa shape index (κ3) is 6.05. The molecule has 0 spiro atoms. The number of aliphatic hydroxyl groups is 1. The molecule has 0 aliphatic carbocycles. The van der Waals surface area contributed by atoms with E-state index in [4.69, 9.17) is 9.47 Å². The zero-order valence-electron chi connectivity index (χ0n) is 16.3. The molecule has 1 amide bonds. The summed E-state index contributed by atoms with van der Waals surface area (Å²) in [5, 5.41) is 10.3. The predicted octanol–water partition coefficient (Wildman–Crippen LogP) is 2.09. The molecule has 1 aliphatic heterocycles. The van der Waals surface area contributed by atoms with Gasteiger partial charge in [-0.1, -0.05) is 42.5 Å². The minimum absolute atomic E-state index is 0.0120. The third-order valence-electron chi connectivity index (χ3n) is 4.77. The van der Waals surface area contributed by atoms with Crippen LogP contribution in [0.25, 0.3) is 0 Å². The van der Waals surface area contributed by atoms with Crippen LogP contribution >= 0.6 is 0 Å². The van der Waals surface area contributed by atoms with E-state index in [1.165, 1.54) is 0 Å². The van der Waals surface area contributed by atoms with Crippen LogP contribution in [0.1, 0.15) is 17.2 Å². The number of carbonyl (C=O) groups excluding carboxylic acids is 1. The highest BCUT2D eigenvalue weighted by atomic mass is 16.5. The standard InChI is InChI=1S/C22H28N2O4/c1-23(16-21(25)19-5-3-2-4-6-19)15-18-7-9-20(10-8-18)28-17-22(26)24-11-13-27-14-12-24/h2-10,21,25H,11-17H2,1H3/t21-/m0/s1. The molecule has 1 fully saturated rings. The van der Waals surface area contributed by atoms with Gasteiger partial charge in [-0.05, 0) is 30.3 Å². The Kier molecular flexibility index (Phi) is 7.42. The predicted molar refractivity (Wildman–Crippen MR) is 107 cm³/mol. The molecule has 0 radical (unpaired) electrons. The van der Waals surface area contributed by atoms with Crippen LogP contribution in [-0.2, 0) is 16.1 Å². The van der Waals surface area contributed by atoms with E-state index in [1.807, 2.05) is 61.6 Å². The summed E-state index contributed by atoms with van der Waals surface area (Å²) < 4.78 is 10.9. The summed E-state index contributed by atoms with van der Waals surface area (Å²) in [6.45, 7) is 3.75. The maximum Gasteiger partial charge on any atom is 0.260 e. The number of benzene rings is 2. The van der Waals surface area contributed by atoms with Crippen LogP contribution < -0.4 is 4.74 Å². The molecule has 2 aromatic carbocycles. The topological polar surface area (TPSA) is 62.2 Å².